The second-order valence-electron chi connectivity index (χ2n) is 7.53. The van der Waals surface area contributed by atoms with Gasteiger partial charge < -0.3 is 19.7 Å². The van der Waals surface area contributed by atoms with Crippen LogP contribution in [0.3, 0.4) is 0 Å². The van der Waals surface area contributed by atoms with Gasteiger partial charge in [-0.2, -0.15) is 0 Å². The molecule has 2 aliphatic heterocycles. The van der Waals surface area contributed by atoms with E-state index in [2.05, 4.69) is 20.2 Å². The summed E-state index contributed by atoms with van der Waals surface area (Å²) in [6.45, 7) is 8.69. The average molecular weight is 382 g/mol. The maximum Gasteiger partial charge on any atom is 0.274 e. The molecule has 7 nitrogen and oxygen atoms in total. The lowest BCUT2D eigenvalue weighted by molar-refractivity contribution is -0.169. The van der Waals surface area contributed by atoms with Gasteiger partial charge in [-0.1, -0.05) is 17.7 Å². The number of nitrogens with zero attached hydrogens (tertiary/aromatic N) is 3. The predicted octanol–water partition coefficient (Wildman–Crippen LogP) is 3.00. The van der Waals surface area contributed by atoms with E-state index in [1.54, 1.807) is 6.07 Å². The number of hydrogen-bond donors (Lipinski definition) is 1. The Balaban J connectivity index is 1.50. The first-order valence-corrected chi connectivity index (χ1v) is 9.71. The molecule has 1 amide bonds. The van der Waals surface area contributed by atoms with Crippen LogP contribution in [0.25, 0.3) is 0 Å². The van der Waals surface area contributed by atoms with Crippen LogP contribution >= 0.6 is 0 Å². The number of aromatic nitrogens is 2. The smallest absolute Gasteiger partial charge is 0.274 e. The standard InChI is InChI=1S/C21H26N4O3/c1-14-4-5-17(15(2)12-14)24-20(26)18-13-19(23-16(3)22-18)25-8-6-21(7-9-25)27-10-11-28-21/h4-5,12-13H,6-11H2,1-3H3,(H,24,26). The first kappa shape index (κ1) is 18.8. The Morgan fingerprint density at radius 2 is 1.79 bits per heavy atom. The molecule has 0 unspecified atom stereocenters. The molecule has 4 rings (SSSR count). The third-order valence-electron chi connectivity index (χ3n) is 5.35. The minimum absolute atomic E-state index is 0.227. The van der Waals surface area contributed by atoms with E-state index < -0.39 is 5.79 Å². The van der Waals surface area contributed by atoms with Crippen molar-refractivity contribution in [3.8, 4) is 0 Å². The van der Waals surface area contributed by atoms with Crippen LogP contribution < -0.4 is 10.2 Å². The third kappa shape index (κ3) is 3.86. The third-order valence-corrected chi connectivity index (χ3v) is 5.35. The maximum atomic E-state index is 12.8. The first-order valence-electron chi connectivity index (χ1n) is 9.71. The highest BCUT2D eigenvalue weighted by molar-refractivity contribution is 6.03. The summed E-state index contributed by atoms with van der Waals surface area (Å²) in [6, 6.07) is 7.71. The summed E-state index contributed by atoms with van der Waals surface area (Å²) >= 11 is 0. The van der Waals surface area contributed by atoms with Crippen molar-refractivity contribution in [3.05, 3.63) is 46.9 Å². The van der Waals surface area contributed by atoms with Gasteiger partial charge >= 0.3 is 0 Å². The van der Waals surface area contributed by atoms with Crippen molar-refractivity contribution in [2.45, 2.75) is 39.4 Å². The Labute approximate surface area is 165 Å². The lowest BCUT2D eigenvalue weighted by atomic mass is 10.0. The molecule has 1 N–H and O–H groups in total. The van der Waals surface area contributed by atoms with Crippen LogP contribution in [0.1, 0.15) is 40.3 Å². The molecule has 2 aromatic rings. The number of aryl methyl sites for hydroxylation is 3. The lowest BCUT2D eigenvalue weighted by Gasteiger charge is -2.38. The van der Waals surface area contributed by atoms with Crippen molar-refractivity contribution >= 4 is 17.4 Å². The fraction of sp³-hybridized carbons (Fsp3) is 0.476. The highest BCUT2D eigenvalue weighted by atomic mass is 16.7. The van der Waals surface area contributed by atoms with Gasteiger partial charge in [0.1, 0.15) is 17.3 Å². The second kappa shape index (κ2) is 7.48. The molecular weight excluding hydrogens is 356 g/mol. The van der Waals surface area contributed by atoms with Crippen molar-refractivity contribution in [2.24, 2.45) is 0 Å². The number of ether oxygens (including phenoxy) is 2. The molecule has 2 saturated heterocycles. The van der Waals surface area contributed by atoms with Gasteiger partial charge in [0.15, 0.2) is 5.79 Å². The molecule has 148 valence electrons. The molecule has 0 bridgehead atoms. The lowest BCUT2D eigenvalue weighted by Crippen LogP contribution is -2.45. The quantitative estimate of drug-likeness (QED) is 0.879. The molecule has 2 fully saturated rings. The first-order chi connectivity index (χ1) is 13.4. The fourth-order valence-corrected chi connectivity index (χ4v) is 3.83. The van der Waals surface area contributed by atoms with Crippen LogP contribution in [-0.4, -0.2) is 48.0 Å². The zero-order valence-corrected chi connectivity index (χ0v) is 16.6. The summed E-state index contributed by atoms with van der Waals surface area (Å²) < 4.78 is 11.6. The molecule has 2 aliphatic rings. The molecule has 0 aliphatic carbocycles. The average Bonchev–Trinajstić information content (AvgIpc) is 3.12. The summed E-state index contributed by atoms with van der Waals surface area (Å²) in [5.41, 5.74) is 3.35. The van der Waals surface area contributed by atoms with E-state index in [1.807, 2.05) is 39.0 Å². The number of hydrogen-bond acceptors (Lipinski definition) is 6. The number of benzene rings is 1. The number of carbonyl (C=O) groups is 1. The minimum atomic E-state index is -0.429. The number of carbonyl (C=O) groups excluding carboxylic acids is 1. The van der Waals surface area contributed by atoms with E-state index in [0.717, 1.165) is 48.6 Å². The van der Waals surface area contributed by atoms with Crippen LogP contribution in [-0.2, 0) is 9.47 Å². The van der Waals surface area contributed by atoms with E-state index in [4.69, 9.17) is 9.47 Å². The van der Waals surface area contributed by atoms with E-state index in [1.165, 1.54) is 0 Å². The van der Waals surface area contributed by atoms with Crippen LogP contribution in [0.2, 0.25) is 0 Å². The van der Waals surface area contributed by atoms with Crippen LogP contribution in [0.15, 0.2) is 24.3 Å². The summed E-state index contributed by atoms with van der Waals surface area (Å²) in [6.07, 6.45) is 1.58. The highest BCUT2D eigenvalue weighted by Crippen LogP contribution is 2.32. The van der Waals surface area contributed by atoms with E-state index in [9.17, 15) is 4.79 Å². The van der Waals surface area contributed by atoms with Crippen molar-refractivity contribution < 1.29 is 14.3 Å². The van der Waals surface area contributed by atoms with E-state index in [-0.39, 0.29) is 5.91 Å². The van der Waals surface area contributed by atoms with Crippen molar-refractivity contribution in [2.75, 3.05) is 36.5 Å². The normalized spacial score (nSPS) is 18.5. The Hall–Kier alpha value is -2.51. The Morgan fingerprint density at radius 3 is 2.46 bits per heavy atom. The van der Waals surface area contributed by atoms with E-state index in [0.29, 0.717) is 24.7 Å². The maximum absolute atomic E-state index is 12.8. The van der Waals surface area contributed by atoms with Gasteiger partial charge in [0.25, 0.3) is 5.91 Å². The van der Waals surface area contributed by atoms with Gasteiger partial charge in [-0.25, -0.2) is 9.97 Å². The highest BCUT2D eigenvalue weighted by Gasteiger charge is 2.40. The number of piperidine rings is 1. The number of amides is 1. The van der Waals surface area contributed by atoms with Gasteiger partial charge in [-0.15, -0.1) is 0 Å². The van der Waals surface area contributed by atoms with Crippen LogP contribution in [0.5, 0.6) is 0 Å². The molecule has 0 atom stereocenters. The van der Waals surface area contributed by atoms with Crippen molar-refractivity contribution in [3.63, 3.8) is 0 Å². The molecule has 0 saturated carbocycles. The molecule has 28 heavy (non-hydrogen) atoms. The molecule has 0 radical (unpaired) electrons. The van der Waals surface area contributed by atoms with Crippen LogP contribution in [0, 0.1) is 20.8 Å². The predicted molar refractivity (Wildman–Crippen MR) is 107 cm³/mol. The zero-order chi connectivity index (χ0) is 19.7. The summed E-state index contributed by atoms with van der Waals surface area (Å²) in [7, 11) is 0. The summed E-state index contributed by atoms with van der Waals surface area (Å²) in [5, 5.41) is 2.96. The molecular formula is C21H26N4O3. The topological polar surface area (TPSA) is 76.6 Å². The van der Waals surface area contributed by atoms with Gasteiger partial charge in [0, 0.05) is 37.7 Å². The van der Waals surface area contributed by atoms with Gasteiger partial charge in [-0.05, 0) is 32.4 Å². The molecule has 1 aromatic carbocycles. The van der Waals surface area contributed by atoms with Crippen LogP contribution in [0.4, 0.5) is 11.5 Å². The monoisotopic (exact) mass is 382 g/mol. The summed E-state index contributed by atoms with van der Waals surface area (Å²) in [4.78, 5) is 23.8. The Kier molecular flexibility index (Phi) is 5.03. The molecule has 1 spiro atoms. The Bertz CT molecular complexity index is 883. The SMILES string of the molecule is Cc1ccc(NC(=O)c2cc(N3CCC4(CC3)OCCO4)nc(C)n2)c(C)c1. The van der Waals surface area contributed by atoms with Crippen molar-refractivity contribution in [1.82, 2.24) is 9.97 Å². The van der Waals surface area contributed by atoms with E-state index >= 15 is 0 Å². The molecule has 1 aromatic heterocycles. The Morgan fingerprint density at radius 1 is 1.07 bits per heavy atom. The molecule has 3 heterocycles. The zero-order valence-electron chi connectivity index (χ0n) is 16.6. The fourth-order valence-electron chi connectivity index (χ4n) is 3.83. The minimum Gasteiger partial charge on any atom is -0.356 e. The van der Waals surface area contributed by atoms with Gasteiger partial charge in [-0.3, -0.25) is 4.79 Å². The number of rotatable bonds is 3. The largest absolute Gasteiger partial charge is 0.356 e. The van der Waals surface area contributed by atoms with Gasteiger partial charge in [0.05, 0.1) is 13.2 Å². The second-order valence-corrected chi connectivity index (χ2v) is 7.53. The molecule has 7 heteroatoms. The summed E-state index contributed by atoms with van der Waals surface area (Å²) in [5.74, 6) is 0.694. The van der Waals surface area contributed by atoms with Crippen molar-refractivity contribution in [1.29, 1.82) is 0 Å². The number of anilines is 2. The number of nitrogens with one attached hydrogen (secondary N) is 1. The van der Waals surface area contributed by atoms with Gasteiger partial charge in [0.2, 0.25) is 0 Å².